The molecule has 31 heavy (non-hydrogen) atoms. The smallest absolute Gasteiger partial charge is 0.149 e. The van der Waals surface area contributed by atoms with Crippen molar-refractivity contribution in [1.82, 2.24) is 14.9 Å². The Morgan fingerprint density at radius 1 is 1.06 bits per heavy atom. The number of anilines is 1. The zero-order valence-electron chi connectivity index (χ0n) is 18.3. The van der Waals surface area contributed by atoms with Crippen LogP contribution in [0.1, 0.15) is 50.0 Å². The molecule has 168 valence electrons. The molecule has 2 fully saturated rings. The predicted molar refractivity (Wildman–Crippen MR) is 124 cm³/mol. The summed E-state index contributed by atoms with van der Waals surface area (Å²) in [6, 6.07) is 8.29. The van der Waals surface area contributed by atoms with Crippen molar-refractivity contribution < 1.29 is 9.84 Å². The minimum Gasteiger partial charge on any atom is -0.497 e. The summed E-state index contributed by atoms with van der Waals surface area (Å²) < 4.78 is 5.34. The van der Waals surface area contributed by atoms with Gasteiger partial charge in [0, 0.05) is 32.1 Å². The van der Waals surface area contributed by atoms with Crippen molar-refractivity contribution in [2.75, 3.05) is 44.7 Å². The third-order valence-corrected chi connectivity index (χ3v) is 7.09. The lowest BCUT2D eigenvalue weighted by Crippen LogP contribution is -2.48. The molecule has 1 aliphatic carbocycles. The van der Waals surface area contributed by atoms with Gasteiger partial charge in [0.15, 0.2) is 0 Å². The SMILES string of the molecule is COc1ccc(C(CCN2CCN(c3cncc(Cl)n3)CC2)C2(O)CCCCC2)cc1. The Kier molecular flexibility index (Phi) is 7.31. The van der Waals surface area contributed by atoms with Gasteiger partial charge in [-0.25, -0.2) is 4.98 Å². The van der Waals surface area contributed by atoms with Crippen molar-refractivity contribution in [2.45, 2.75) is 50.0 Å². The highest BCUT2D eigenvalue weighted by Gasteiger charge is 2.38. The average molecular weight is 445 g/mol. The van der Waals surface area contributed by atoms with Crippen LogP contribution in [0.3, 0.4) is 0 Å². The summed E-state index contributed by atoms with van der Waals surface area (Å²) in [6.07, 6.45) is 9.54. The molecule has 0 bridgehead atoms. The molecule has 1 aromatic carbocycles. The molecule has 1 N–H and O–H groups in total. The molecule has 1 saturated heterocycles. The van der Waals surface area contributed by atoms with Gasteiger partial charge < -0.3 is 14.7 Å². The van der Waals surface area contributed by atoms with E-state index in [-0.39, 0.29) is 5.92 Å². The number of benzene rings is 1. The highest BCUT2D eigenvalue weighted by Crippen LogP contribution is 2.42. The van der Waals surface area contributed by atoms with E-state index in [0.29, 0.717) is 5.15 Å². The van der Waals surface area contributed by atoms with Crippen molar-refractivity contribution in [1.29, 1.82) is 0 Å². The van der Waals surface area contributed by atoms with Gasteiger partial charge >= 0.3 is 0 Å². The minimum absolute atomic E-state index is 0.149. The maximum Gasteiger partial charge on any atom is 0.149 e. The summed E-state index contributed by atoms with van der Waals surface area (Å²) in [4.78, 5) is 13.3. The van der Waals surface area contributed by atoms with Gasteiger partial charge in [-0.2, -0.15) is 0 Å². The van der Waals surface area contributed by atoms with Crippen molar-refractivity contribution in [3.63, 3.8) is 0 Å². The maximum atomic E-state index is 11.6. The molecular formula is C24H33ClN4O2. The van der Waals surface area contributed by atoms with E-state index in [9.17, 15) is 5.11 Å². The highest BCUT2D eigenvalue weighted by molar-refractivity contribution is 6.29. The van der Waals surface area contributed by atoms with Crippen LogP contribution >= 0.6 is 11.6 Å². The Morgan fingerprint density at radius 2 is 1.77 bits per heavy atom. The topological polar surface area (TPSA) is 61.7 Å². The predicted octanol–water partition coefficient (Wildman–Crippen LogP) is 4.13. The van der Waals surface area contributed by atoms with Gasteiger partial charge in [-0.3, -0.25) is 9.88 Å². The van der Waals surface area contributed by atoms with Gasteiger partial charge in [0.2, 0.25) is 0 Å². The lowest BCUT2D eigenvalue weighted by molar-refractivity contribution is -0.0264. The zero-order valence-corrected chi connectivity index (χ0v) is 19.1. The summed E-state index contributed by atoms with van der Waals surface area (Å²) in [7, 11) is 1.69. The summed E-state index contributed by atoms with van der Waals surface area (Å²) in [5, 5.41) is 12.0. The molecule has 6 nitrogen and oxygen atoms in total. The van der Waals surface area contributed by atoms with E-state index in [2.05, 4.69) is 31.9 Å². The van der Waals surface area contributed by atoms with Gasteiger partial charge in [-0.15, -0.1) is 0 Å². The Bertz CT molecular complexity index is 834. The quantitative estimate of drug-likeness (QED) is 0.692. The fourth-order valence-corrected chi connectivity index (χ4v) is 5.23. The molecule has 0 amide bonds. The van der Waals surface area contributed by atoms with Crippen LogP contribution in [-0.2, 0) is 0 Å². The van der Waals surface area contributed by atoms with Crippen LogP contribution in [0.2, 0.25) is 5.15 Å². The number of methoxy groups -OCH3 is 1. The molecule has 1 unspecified atom stereocenters. The van der Waals surface area contributed by atoms with E-state index in [1.54, 1.807) is 19.5 Å². The fraction of sp³-hybridized carbons (Fsp3) is 0.583. The van der Waals surface area contributed by atoms with Gasteiger partial charge in [0.05, 0.1) is 25.1 Å². The van der Waals surface area contributed by atoms with Crippen LogP contribution in [0.25, 0.3) is 0 Å². The Hall–Kier alpha value is -1.89. The second-order valence-electron chi connectivity index (χ2n) is 8.81. The van der Waals surface area contributed by atoms with Gasteiger partial charge in [-0.05, 0) is 43.5 Å². The standard InChI is InChI=1S/C24H33ClN4O2/c1-31-20-7-5-19(6-8-20)21(24(30)10-3-2-4-11-24)9-12-28-13-15-29(16-14-28)23-18-26-17-22(25)27-23/h5-8,17-18,21,30H,2-4,9-16H2,1H3. The summed E-state index contributed by atoms with van der Waals surface area (Å²) in [5.74, 6) is 1.86. The number of rotatable bonds is 7. The Labute approximate surface area is 190 Å². The van der Waals surface area contributed by atoms with Crippen LogP contribution < -0.4 is 9.64 Å². The first-order chi connectivity index (χ1) is 15.1. The molecule has 0 radical (unpaired) electrons. The van der Waals surface area contributed by atoms with Crippen LogP contribution in [0, 0.1) is 0 Å². The number of ether oxygens (including phenoxy) is 1. The first-order valence-corrected chi connectivity index (χ1v) is 11.8. The molecule has 2 aromatic rings. The van der Waals surface area contributed by atoms with Crippen molar-refractivity contribution in [3.05, 3.63) is 47.4 Å². The average Bonchev–Trinajstić information content (AvgIpc) is 2.80. The van der Waals surface area contributed by atoms with E-state index < -0.39 is 5.60 Å². The highest BCUT2D eigenvalue weighted by atomic mass is 35.5. The summed E-state index contributed by atoms with van der Waals surface area (Å²) in [6.45, 7) is 4.75. The summed E-state index contributed by atoms with van der Waals surface area (Å²) >= 11 is 6.00. The lowest BCUT2D eigenvalue weighted by Gasteiger charge is -2.41. The molecule has 2 aliphatic rings. The monoisotopic (exact) mass is 444 g/mol. The number of piperazine rings is 1. The lowest BCUT2D eigenvalue weighted by atomic mass is 9.71. The summed E-state index contributed by atoms with van der Waals surface area (Å²) in [5.41, 5.74) is 0.614. The normalized spacial score (nSPS) is 20.4. The van der Waals surface area contributed by atoms with E-state index in [4.69, 9.17) is 16.3 Å². The number of aliphatic hydroxyl groups is 1. The minimum atomic E-state index is -0.606. The van der Waals surface area contributed by atoms with Crippen molar-refractivity contribution in [2.24, 2.45) is 0 Å². The number of aromatic nitrogens is 2. The van der Waals surface area contributed by atoms with Crippen LogP contribution in [0.15, 0.2) is 36.7 Å². The molecule has 2 heterocycles. The molecular weight excluding hydrogens is 412 g/mol. The van der Waals surface area contributed by atoms with Crippen LogP contribution in [0.5, 0.6) is 5.75 Å². The second-order valence-corrected chi connectivity index (χ2v) is 9.19. The molecule has 4 rings (SSSR count). The van der Waals surface area contributed by atoms with Crippen LogP contribution in [0.4, 0.5) is 5.82 Å². The van der Waals surface area contributed by atoms with Crippen LogP contribution in [-0.4, -0.2) is 65.4 Å². The Morgan fingerprint density at radius 3 is 2.42 bits per heavy atom. The zero-order chi connectivity index (χ0) is 21.7. The molecule has 1 saturated carbocycles. The van der Waals surface area contributed by atoms with E-state index >= 15 is 0 Å². The first kappa shape index (κ1) is 22.3. The molecule has 1 aliphatic heterocycles. The third kappa shape index (κ3) is 5.48. The van der Waals surface area contributed by atoms with Crippen molar-refractivity contribution >= 4 is 17.4 Å². The van der Waals surface area contributed by atoms with Gasteiger partial charge in [-0.1, -0.05) is 43.0 Å². The molecule has 1 atom stereocenters. The number of hydrogen-bond acceptors (Lipinski definition) is 6. The van der Waals surface area contributed by atoms with E-state index in [1.165, 1.54) is 12.0 Å². The Balaban J connectivity index is 1.39. The fourth-order valence-electron chi connectivity index (χ4n) is 5.09. The number of nitrogens with zero attached hydrogens (tertiary/aromatic N) is 4. The molecule has 7 heteroatoms. The van der Waals surface area contributed by atoms with E-state index in [0.717, 1.165) is 76.4 Å². The number of halogens is 1. The van der Waals surface area contributed by atoms with E-state index in [1.807, 2.05) is 12.1 Å². The van der Waals surface area contributed by atoms with Gasteiger partial charge in [0.25, 0.3) is 0 Å². The molecule has 0 spiro atoms. The number of hydrogen-bond donors (Lipinski definition) is 1. The van der Waals surface area contributed by atoms with Gasteiger partial charge in [0.1, 0.15) is 16.7 Å². The third-order valence-electron chi connectivity index (χ3n) is 6.91. The first-order valence-electron chi connectivity index (χ1n) is 11.4. The van der Waals surface area contributed by atoms with Crippen molar-refractivity contribution in [3.8, 4) is 5.75 Å². The second kappa shape index (κ2) is 10.2. The maximum absolute atomic E-state index is 11.6. The largest absolute Gasteiger partial charge is 0.497 e. The molecule has 1 aromatic heterocycles.